The Morgan fingerprint density at radius 3 is 2.82 bits per heavy atom. The summed E-state index contributed by atoms with van der Waals surface area (Å²) in [6.45, 7) is 5.17. The zero-order chi connectivity index (χ0) is 15.6. The second-order valence-corrected chi connectivity index (χ2v) is 8.48. The van der Waals surface area contributed by atoms with Crippen molar-refractivity contribution in [2.45, 2.75) is 24.0 Å². The van der Waals surface area contributed by atoms with Crippen LogP contribution >= 0.6 is 11.3 Å². The minimum Gasteiger partial charge on any atom is -0.355 e. The molecule has 0 amide bonds. The van der Waals surface area contributed by atoms with Gasteiger partial charge in [0.15, 0.2) is 5.76 Å². The second kappa shape index (κ2) is 6.49. The minimum absolute atomic E-state index is 0.304. The fourth-order valence-corrected chi connectivity index (χ4v) is 4.81. The van der Waals surface area contributed by atoms with Crippen LogP contribution in [-0.4, -0.2) is 44.7 Å². The Bertz CT molecular complexity index is 730. The van der Waals surface area contributed by atoms with Crippen molar-refractivity contribution in [1.82, 2.24) is 14.8 Å². The van der Waals surface area contributed by atoms with Crippen molar-refractivity contribution in [2.24, 2.45) is 0 Å². The Morgan fingerprint density at radius 2 is 2.14 bits per heavy atom. The zero-order valence-electron chi connectivity index (χ0n) is 12.4. The maximum Gasteiger partial charge on any atom is 0.250 e. The molecular weight excluding hydrogens is 322 g/mol. The molecule has 8 heteroatoms. The topological polar surface area (TPSA) is 75.4 Å². The van der Waals surface area contributed by atoms with Crippen LogP contribution in [0.4, 0.5) is 0 Å². The van der Waals surface area contributed by atoms with Crippen LogP contribution < -0.4 is 4.72 Å². The smallest absolute Gasteiger partial charge is 0.250 e. The quantitative estimate of drug-likeness (QED) is 0.871. The molecule has 6 nitrogen and oxygen atoms in total. The van der Waals surface area contributed by atoms with Gasteiger partial charge in [0.1, 0.15) is 4.21 Å². The van der Waals surface area contributed by atoms with Crippen LogP contribution in [0.3, 0.4) is 0 Å². The normalized spacial score (nSPS) is 16.4. The highest BCUT2D eigenvalue weighted by Crippen LogP contribution is 2.30. The molecule has 0 atom stereocenters. The molecular formula is C14H19N3O3S2. The molecule has 1 N–H and O–H groups in total. The molecule has 22 heavy (non-hydrogen) atoms. The SMILES string of the molecule is Cc1cc(-c2ccc(S(=O)(=O)NCCN3CCCC3)s2)on1. The van der Waals surface area contributed by atoms with E-state index in [2.05, 4.69) is 14.8 Å². The van der Waals surface area contributed by atoms with E-state index in [-0.39, 0.29) is 0 Å². The molecule has 1 fully saturated rings. The average molecular weight is 341 g/mol. The van der Waals surface area contributed by atoms with Gasteiger partial charge in [0.2, 0.25) is 10.0 Å². The number of aryl methyl sites for hydroxylation is 1. The van der Waals surface area contributed by atoms with Gasteiger partial charge in [-0.05, 0) is 45.0 Å². The fraction of sp³-hybridized carbons (Fsp3) is 0.500. The Kier molecular flexibility index (Phi) is 4.62. The average Bonchev–Trinajstić information content (AvgIpc) is 3.18. The van der Waals surface area contributed by atoms with E-state index in [1.54, 1.807) is 18.2 Å². The number of nitrogens with one attached hydrogen (secondary N) is 1. The number of likely N-dealkylation sites (tertiary alicyclic amines) is 1. The van der Waals surface area contributed by atoms with Gasteiger partial charge >= 0.3 is 0 Å². The van der Waals surface area contributed by atoms with Crippen LogP contribution in [0.2, 0.25) is 0 Å². The largest absolute Gasteiger partial charge is 0.355 e. The maximum atomic E-state index is 12.3. The predicted octanol–water partition coefficient (Wildman–Crippen LogP) is 2.09. The summed E-state index contributed by atoms with van der Waals surface area (Å²) >= 11 is 1.19. The molecule has 0 saturated carbocycles. The van der Waals surface area contributed by atoms with E-state index in [9.17, 15) is 8.42 Å². The molecule has 1 saturated heterocycles. The molecule has 0 aromatic carbocycles. The van der Waals surface area contributed by atoms with Crippen LogP contribution in [0.15, 0.2) is 26.9 Å². The van der Waals surface area contributed by atoms with Crippen molar-refractivity contribution in [3.8, 4) is 10.6 Å². The lowest BCUT2D eigenvalue weighted by molar-refractivity contribution is 0.344. The third-order valence-electron chi connectivity index (χ3n) is 3.64. The third-order valence-corrected chi connectivity index (χ3v) is 6.69. The second-order valence-electron chi connectivity index (χ2n) is 5.40. The Morgan fingerprint density at radius 1 is 1.36 bits per heavy atom. The molecule has 0 unspecified atom stereocenters. The van der Waals surface area contributed by atoms with Crippen molar-refractivity contribution >= 4 is 21.4 Å². The van der Waals surface area contributed by atoms with Crippen LogP contribution in [0.5, 0.6) is 0 Å². The van der Waals surface area contributed by atoms with Gasteiger partial charge in [0, 0.05) is 19.2 Å². The molecule has 120 valence electrons. The summed E-state index contributed by atoms with van der Waals surface area (Å²) in [6.07, 6.45) is 2.41. The number of hydrogen-bond donors (Lipinski definition) is 1. The molecule has 0 aliphatic carbocycles. The van der Waals surface area contributed by atoms with Crippen molar-refractivity contribution in [3.63, 3.8) is 0 Å². The highest BCUT2D eigenvalue weighted by Gasteiger charge is 2.19. The van der Waals surface area contributed by atoms with Gasteiger partial charge in [0.05, 0.1) is 10.6 Å². The first-order valence-electron chi connectivity index (χ1n) is 7.30. The predicted molar refractivity (Wildman–Crippen MR) is 85.4 cm³/mol. The molecule has 0 spiro atoms. The van der Waals surface area contributed by atoms with Gasteiger partial charge < -0.3 is 9.42 Å². The van der Waals surface area contributed by atoms with Crippen LogP contribution in [0, 0.1) is 6.92 Å². The number of hydrogen-bond acceptors (Lipinski definition) is 6. The van der Waals surface area contributed by atoms with E-state index >= 15 is 0 Å². The highest BCUT2D eigenvalue weighted by atomic mass is 32.2. The van der Waals surface area contributed by atoms with Gasteiger partial charge in [0.25, 0.3) is 0 Å². The number of rotatable bonds is 6. The number of thiophene rings is 1. The zero-order valence-corrected chi connectivity index (χ0v) is 14.0. The summed E-state index contributed by atoms with van der Waals surface area (Å²) in [6, 6.07) is 5.15. The van der Waals surface area contributed by atoms with Gasteiger partial charge in [-0.25, -0.2) is 13.1 Å². The van der Waals surface area contributed by atoms with E-state index in [0.29, 0.717) is 16.5 Å². The van der Waals surface area contributed by atoms with Crippen molar-refractivity contribution in [3.05, 3.63) is 23.9 Å². The molecule has 3 heterocycles. The van der Waals surface area contributed by atoms with Gasteiger partial charge in [-0.2, -0.15) is 0 Å². The Labute approximate surface area is 134 Å². The van der Waals surface area contributed by atoms with E-state index < -0.39 is 10.0 Å². The highest BCUT2D eigenvalue weighted by molar-refractivity contribution is 7.91. The Hall–Kier alpha value is -1.22. The summed E-state index contributed by atoms with van der Waals surface area (Å²) < 4.78 is 32.7. The van der Waals surface area contributed by atoms with Gasteiger partial charge in [-0.15, -0.1) is 11.3 Å². The summed E-state index contributed by atoms with van der Waals surface area (Å²) in [5.74, 6) is 0.598. The van der Waals surface area contributed by atoms with Crippen LogP contribution in [0.1, 0.15) is 18.5 Å². The third kappa shape index (κ3) is 3.57. The van der Waals surface area contributed by atoms with E-state index in [0.717, 1.165) is 30.2 Å². The van der Waals surface area contributed by atoms with Crippen LogP contribution in [-0.2, 0) is 10.0 Å². The van der Waals surface area contributed by atoms with E-state index in [1.807, 2.05) is 6.92 Å². The van der Waals surface area contributed by atoms with E-state index in [1.165, 1.54) is 24.2 Å². The molecule has 0 radical (unpaired) electrons. The first kappa shape index (κ1) is 15.7. The minimum atomic E-state index is -3.45. The summed E-state index contributed by atoms with van der Waals surface area (Å²) in [5, 5.41) is 3.82. The van der Waals surface area contributed by atoms with Gasteiger partial charge in [-0.1, -0.05) is 5.16 Å². The molecule has 2 aromatic heterocycles. The molecule has 2 aromatic rings. The summed E-state index contributed by atoms with van der Waals surface area (Å²) in [7, 11) is -3.45. The van der Waals surface area contributed by atoms with E-state index in [4.69, 9.17) is 4.52 Å². The first-order chi connectivity index (χ1) is 10.5. The fourth-order valence-electron chi connectivity index (χ4n) is 2.49. The lowest BCUT2D eigenvalue weighted by Gasteiger charge is -2.14. The summed E-state index contributed by atoms with van der Waals surface area (Å²) in [4.78, 5) is 3.04. The maximum absolute atomic E-state index is 12.3. The number of aromatic nitrogens is 1. The van der Waals surface area contributed by atoms with Crippen molar-refractivity contribution in [1.29, 1.82) is 0 Å². The molecule has 1 aliphatic heterocycles. The first-order valence-corrected chi connectivity index (χ1v) is 9.60. The van der Waals surface area contributed by atoms with Crippen molar-refractivity contribution < 1.29 is 12.9 Å². The lowest BCUT2D eigenvalue weighted by atomic mass is 10.3. The molecule has 3 rings (SSSR count). The van der Waals surface area contributed by atoms with Crippen molar-refractivity contribution in [2.75, 3.05) is 26.2 Å². The number of nitrogens with zero attached hydrogens (tertiary/aromatic N) is 2. The number of sulfonamides is 1. The lowest BCUT2D eigenvalue weighted by Crippen LogP contribution is -2.33. The van der Waals surface area contributed by atoms with Gasteiger partial charge in [-0.3, -0.25) is 0 Å². The summed E-state index contributed by atoms with van der Waals surface area (Å²) in [5.41, 5.74) is 0.775. The molecule has 0 bridgehead atoms. The van der Waals surface area contributed by atoms with Crippen LogP contribution in [0.25, 0.3) is 10.6 Å². The molecule has 1 aliphatic rings. The standard InChI is InChI=1S/C14H19N3O3S2/c1-11-10-12(20-16-11)13-4-5-14(21-13)22(18,19)15-6-9-17-7-2-3-8-17/h4-5,10,15H,2-3,6-9H2,1H3. The Balaban J connectivity index is 1.63. The monoisotopic (exact) mass is 341 g/mol.